The lowest BCUT2D eigenvalue weighted by Crippen LogP contribution is -2.19. The number of carbonyl (C=O) groups is 1. The van der Waals surface area contributed by atoms with Crippen molar-refractivity contribution in [3.8, 4) is 5.75 Å². The van der Waals surface area contributed by atoms with E-state index in [1.807, 2.05) is 12.1 Å². The largest absolute Gasteiger partial charge is 0.493 e. The molecule has 3 rings (SSSR count). The second-order valence-electron chi connectivity index (χ2n) is 7.39. The quantitative estimate of drug-likeness (QED) is 0.658. The van der Waals surface area contributed by atoms with Gasteiger partial charge in [-0.3, -0.25) is 9.69 Å². The Kier molecular flexibility index (Phi) is 6.45. The van der Waals surface area contributed by atoms with Crippen LogP contribution >= 0.6 is 0 Å². The number of esters is 1. The average molecular weight is 373 g/mol. The van der Waals surface area contributed by atoms with E-state index < -0.39 is 0 Å². The Morgan fingerprint density at radius 2 is 2.22 bits per heavy atom. The van der Waals surface area contributed by atoms with Gasteiger partial charge in [0.15, 0.2) is 6.61 Å². The molecule has 0 radical (unpaired) electrons. The monoisotopic (exact) mass is 373 g/mol. The zero-order chi connectivity index (χ0) is 19.2. The van der Waals surface area contributed by atoms with Crippen molar-refractivity contribution in [1.82, 2.24) is 15.1 Å². The first-order valence-electron chi connectivity index (χ1n) is 9.39. The molecule has 1 aromatic carbocycles. The molecule has 1 atom stereocenters. The summed E-state index contributed by atoms with van der Waals surface area (Å²) in [4.78, 5) is 13.2. The van der Waals surface area contributed by atoms with Gasteiger partial charge < -0.3 is 13.9 Å². The minimum atomic E-state index is -0.360. The SMILES string of the molecule is CC(=O)OCc1nnc(C2CCN(Cc3cccc(OCC(C)C)c3)C2)o1. The van der Waals surface area contributed by atoms with Crippen LogP contribution in [-0.4, -0.2) is 40.8 Å². The van der Waals surface area contributed by atoms with Crippen molar-refractivity contribution in [3.63, 3.8) is 0 Å². The van der Waals surface area contributed by atoms with Gasteiger partial charge in [0.1, 0.15) is 5.75 Å². The van der Waals surface area contributed by atoms with Crippen LogP contribution in [0.15, 0.2) is 28.7 Å². The molecule has 1 saturated heterocycles. The van der Waals surface area contributed by atoms with Gasteiger partial charge >= 0.3 is 5.97 Å². The van der Waals surface area contributed by atoms with E-state index in [9.17, 15) is 4.79 Å². The summed E-state index contributed by atoms with van der Waals surface area (Å²) in [5, 5.41) is 8.08. The highest BCUT2D eigenvalue weighted by Crippen LogP contribution is 2.28. The van der Waals surface area contributed by atoms with Crippen LogP contribution in [0.5, 0.6) is 5.75 Å². The minimum absolute atomic E-state index is 0.0297. The van der Waals surface area contributed by atoms with Gasteiger partial charge in [0.25, 0.3) is 5.89 Å². The number of ether oxygens (including phenoxy) is 2. The van der Waals surface area contributed by atoms with Gasteiger partial charge in [0.2, 0.25) is 5.89 Å². The van der Waals surface area contributed by atoms with Crippen molar-refractivity contribution in [2.45, 2.75) is 46.3 Å². The highest BCUT2D eigenvalue weighted by molar-refractivity contribution is 5.65. The molecule has 2 heterocycles. The molecule has 0 N–H and O–H groups in total. The first kappa shape index (κ1) is 19.4. The maximum absolute atomic E-state index is 10.9. The summed E-state index contributed by atoms with van der Waals surface area (Å²) in [5.41, 5.74) is 1.23. The van der Waals surface area contributed by atoms with E-state index in [4.69, 9.17) is 13.9 Å². The fourth-order valence-electron chi connectivity index (χ4n) is 3.09. The van der Waals surface area contributed by atoms with Crippen molar-refractivity contribution in [2.24, 2.45) is 5.92 Å². The molecule has 7 heteroatoms. The van der Waals surface area contributed by atoms with E-state index >= 15 is 0 Å². The predicted molar refractivity (Wildman–Crippen MR) is 99.2 cm³/mol. The van der Waals surface area contributed by atoms with Gasteiger partial charge in [-0.2, -0.15) is 0 Å². The second-order valence-corrected chi connectivity index (χ2v) is 7.39. The summed E-state index contributed by atoms with van der Waals surface area (Å²) in [5.74, 6) is 2.24. The molecule has 0 spiro atoms. The van der Waals surface area contributed by atoms with Crippen molar-refractivity contribution >= 4 is 5.97 Å². The third-order valence-electron chi connectivity index (χ3n) is 4.39. The molecular weight excluding hydrogens is 346 g/mol. The summed E-state index contributed by atoms with van der Waals surface area (Å²) in [6.07, 6.45) is 0.971. The number of rotatable bonds is 8. The molecule has 7 nitrogen and oxygen atoms in total. The molecule has 1 aliphatic rings. The first-order chi connectivity index (χ1) is 13.0. The lowest BCUT2D eigenvalue weighted by atomic mass is 10.1. The molecular formula is C20H27N3O4. The van der Waals surface area contributed by atoms with Crippen molar-refractivity contribution < 1.29 is 18.7 Å². The highest BCUT2D eigenvalue weighted by atomic mass is 16.5. The van der Waals surface area contributed by atoms with Gasteiger partial charge in [-0.15, -0.1) is 10.2 Å². The van der Waals surface area contributed by atoms with E-state index in [2.05, 4.69) is 41.1 Å². The lowest BCUT2D eigenvalue weighted by Gasteiger charge is -2.16. The van der Waals surface area contributed by atoms with E-state index in [1.165, 1.54) is 12.5 Å². The normalized spacial score (nSPS) is 17.4. The van der Waals surface area contributed by atoms with Gasteiger partial charge in [0, 0.05) is 20.0 Å². The topological polar surface area (TPSA) is 77.7 Å². The van der Waals surface area contributed by atoms with Gasteiger partial charge in [0.05, 0.1) is 12.5 Å². The molecule has 27 heavy (non-hydrogen) atoms. The van der Waals surface area contributed by atoms with E-state index in [-0.39, 0.29) is 18.5 Å². The lowest BCUT2D eigenvalue weighted by molar-refractivity contribution is -0.142. The molecule has 1 aliphatic heterocycles. The Balaban J connectivity index is 1.52. The number of hydrogen-bond acceptors (Lipinski definition) is 7. The van der Waals surface area contributed by atoms with Crippen LogP contribution < -0.4 is 4.74 Å². The van der Waals surface area contributed by atoms with Crippen molar-refractivity contribution in [2.75, 3.05) is 19.7 Å². The third-order valence-corrected chi connectivity index (χ3v) is 4.39. The average Bonchev–Trinajstić information content (AvgIpc) is 3.28. The van der Waals surface area contributed by atoms with Crippen molar-refractivity contribution in [1.29, 1.82) is 0 Å². The van der Waals surface area contributed by atoms with Crippen LogP contribution in [0, 0.1) is 5.92 Å². The molecule has 1 fully saturated rings. The number of nitrogens with zero attached hydrogens (tertiary/aromatic N) is 3. The Labute approximate surface area is 159 Å². The molecule has 0 aliphatic carbocycles. The second kappa shape index (κ2) is 8.99. The highest BCUT2D eigenvalue weighted by Gasteiger charge is 2.28. The third kappa shape index (κ3) is 5.79. The van der Waals surface area contributed by atoms with Crippen molar-refractivity contribution in [3.05, 3.63) is 41.6 Å². The van der Waals surface area contributed by atoms with Crippen LogP contribution in [-0.2, 0) is 22.7 Å². The minimum Gasteiger partial charge on any atom is -0.493 e. The zero-order valence-electron chi connectivity index (χ0n) is 16.2. The van der Waals surface area contributed by atoms with E-state index in [0.29, 0.717) is 17.7 Å². The molecule has 0 amide bonds. The summed E-state index contributed by atoms with van der Waals surface area (Å²) < 4.78 is 16.4. The summed E-state index contributed by atoms with van der Waals surface area (Å²) >= 11 is 0. The van der Waals surface area contributed by atoms with Gasteiger partial charge in [-0.25, -0.2) is 0 Å². The fraction of sp³-hybridized carbons (Fsp3) is 0.550. The van der Waals surface area contributed by atoms with E-state index in [0.717, 1.165) is 38.4 Å². The molecule has 0 saturated carbocycles. The maximum atomic E-state index is 10.9. The van der Waals surface area contributed by atoms with Crippen LogP contribution in [0.3, 0.4) is 0 Å². The smallest absolute Gasteiger partial charge is 0.303 e. The Morgan fingerprint density at radius 3 is 3.00 bits per heavy atom. The molecule has 1 unspecified atom stereocenters. The van der Waals surface area contributed by atoms with Gasteiger partial charge in [-0.1, -0.05) is 26.0 Å². The number of carbonyl (C=O) groups excluding carboxylic acids is 1. The summed E-state index contributed by atoms with van der Waals surface area (Å²) in [6.45, 7) is 9.10. The zero-order valence-corrected chi connectivity index (χ0v) is 16.2. The molecule has 1 aromatic heterocycles. The number of hydrogen-bond donors (Lipinski definition) is 0. The van der Waals surface area contributed by atoms with Crippen LogP contribution in [0.1, 0.15) is 50.5 Å². The molecule has 0 bridgehead atoms. The standard InChI is InChI=1S/C20H27N3O4/c1-14(2)12-26-18-6-4-5-16(9-18)10-23-8-7-17(11-23)20-22-21-19(27-20)13-25-15(3)24/h4-6,9,14,17H,7-8,10-13H2,1-3H3. The number of likely N-dealkylation sites (tertiary alicyclic amines) is 1. The summed E-state index contributed by atoms with van der Waals surface area (Å²) in [7, 11) is 0. The summed E-state index contributed by atoms with van der Waals surface area (Å²) in [6, 6.07) is 8.28. The predicted octanol–water partition coefficient (Wildman–Crippen LogP) is 3.16. The van der Waals surface area contributed by atoms with Crippen LogP contribution in [0.2, 0.25) is 0 Å². The van der Waals surface area contributed by atoms with Crippen LogP contribution in [0.25, 0.3) is 0 Å². The Hall–Kier alpha value is -2.41. The number of aromatic nitrogens is 2. The van der Waals surface area contributed by atoms with Gasteiger partial charge in [-0.05, 0) is 36.6 Å². The molecule has 2 aromatic rings. The first-order valence-corrected chi connectivity index (χ1v) is 9.39. The van der Waals surface area contributed by atoms with E-state index in [1.54, 1.807) is 0 Å². The Bertz CT molecular complexity index is 759. The maximum Gasteiger partial charge on any atom is 0.303 e. The Morgan fingerprint density at radius 1 is 1.37 bits per heavy atom. The van der Waals surface area contributed by atoms with Crippen LogP contribution in [0.4, 0.5) is 0 Å². The number of benzene rings is 1. The fourth-order valence-corrected chi connectivity index (χ4v) is 3.09. The molecule has 146 valence electrons.